The van der Waals surface area contributed by atoms with Crippen molar-refractivity contribution >= 4 is 0 Å². The topological polar surface area (TPSA) is 12.9 Å². The van der Waals surface area contributed by atoms with E-state index in [0.717, 1.165) is 5.69 Å². The Morgan fingerprint density at radius 3 is 1.88 bits per heavy atom. The van der Waals surface area contributed by atoms with Gasteiger partial charge in [-0.1, -0.05) is 39.8 Å². The van der Waals surface area contributed by atoms with Gasteiger partial charge in [0.25, 0.3) is 0 Å². The standard InChI is InChI=1S/C23H29N/c1-14-5-6-15(2)20-11-18(9-10-19(14)20)23-12-21-16(3)7-8-17(4)22(21)13-24-23/h9-17H,5-8H2,1-4H3. The lowest BCUT2D eigenvalue weighted by Gasteiger charge is -2.29. The molecule has 0 fully saturated rings. The molecule has 1 nitrogen and oxygen atoms in total. The van der Waals surface area contributed by atoms with Crippen LogP contribution in [-0.2, 0) is 0 Å². The summed E-state index contributed by atoms with van der Waals surface area (Å²) in [6.45, 7) is 9.45. The molecule has 0 aliphatic heterocycles. The van der Waals surface area contributed by atoms with Crippen LogP contribution in [0, 0.1) is 0 Å². The first-order valence-corrected chi connectivity index (χ1v) is 9.68. The van der Waals surface area contributed by atoms with E-state index < -0.39 is 0 Å². The lowest BCUT2D eigenvalue weighted by molar-refractivity contribution is 0.525. The van der Waals surface area contributed by atoms with E-state index in [9.17, 15) is 0 Å². The number of pyridine rings is 1. The van der Waals surface area contributed by atoms with Gasteiger partial charge in [-0.15, -0.1) is 0 Å². The fourth-order valence-corrected chi connectivity index (χ4v) is 4.71. The second-order valence-corrected chi connectivity index (χ2v) is 8.30. The van der Waals surface area contributed by atoms with Crippen molar-refractivity contribution in [3.63, 3.8) is 0 Å². The molecule has 1 aromatic heterocycles. The van der Waals surface area contributed by atoms with Crippen molar-refractivity contribution in [3.8, 4) is 11.3 Å². The second-order valence-electron chi connectivity index (χ2n) is 8.30. The van der Waals surface area contributed by atoms with E-state index in [1.165, 1.54) is 42.4 Å². The van der Waals surface area contributed by atoms with Crippen LogP contribution >= 0.6 is 0 Å². The SMILES string of the molecule is CC1CCC(C)c2cc(-c3cc4c(cn3)C(C)CCC4C)ccc21. The summed E-state index contributed by atoms with van der Waals surface area (Å²) in [5, 5.41) is 0. The summed E-state index contributed by atoms with van der Waals surface area (Å²) in [5.74, 6) is 2.69. The molecule has 0 radical (unpaired) electrons. The van der Waals surface area contributed by atoms with Crippen LogP contribution in [0.1, 0.15) is 99.3 Å². The van der Waals surface area contributed by atoms with Crippen molar-refractivity contribution in [2.45, 2.75) is 77.0 Å². The molecular formula is C23H29N. The van der Waals surface area contributed by atoms with E-state index in [1.54, 1.807) is 11.1 Å². The highest BCUT2D eigenvalue weighted by Crippen LogP contribution is 2.42. The highest BCUT2D eigenvalue weighted by atomic mass is 14.7. The molecule has 0 saturated carbocycles. The normalized spacial score (nSPS) is 29.0. The fraction of sp³-hybridized carbons (Fsp3) is 0.522. The molecule has 0 amide bonds. The largest absolute Gasteiger partial charge is 0.256 e. The molecule has 0 bridgehead atoms. The quantitative estimate of drug-likeness (QED) is 0.566. The van der Waals surface area contributed by atoms with Crippen molar-refractivity contribution in [2.24, 2.45) is 0 Å². The Morgan fingerprint density at radius 1 is 0.667 bits per heavy atom. The van der Waals surface area contributed by atoms with E-state index in [0.29, 0.717) is 23.7 Å². The number of nitrogens with zero attached hydrogens (tertiary/aromatic N) is 1. The average molecular weight is 319 g/mol. The number of hydrogen-bond donors (Lipinski definition) is 0. The van der Waals surface area contributed by atoms with Crippen LogP contribution < -0.4 is 0 Å². The average Bonchev–Trinajstić information content (AvgIpc) is 2.61. The van der Waals surface area contributed by atoms with Crippen LogP contribution in [-0.4, -0.2) is 4.98 Å². The van der Waals surface area contributed by atoms with Crippen LogP contribution in [0.25, 0.3) is 11.3 Å². The summed E-state index contributed by atoms with van der Waals surface area (Å²) in [6, 6.07) is 9.44. The van der Waals surface area contributed by atoms with E-state index in [4.69, 9.17) is 4.98 Å². The summed E-state index contributed by atoms with van der Waals surface area (Å²) in [7, 11) is 0. The summed E-state index contributed by atoms with van der Waals surface area (Å²) >= 11 is 0. The number of hydrogen-bond acceptors (Lipinski definition) is 1. The van der Waals surface area contributed by atoms with Gasteiger partial charge in [-0.3, -0.25) is 4.98 Å². The van der Waals surface area contributed by atoms with Crippen molar-refractivity contribution < 1.29 is 0 Å². The summed E-state index contributed by atoms with van der Waals surface area (Å²) in [6.07, 6.45) is 7.38. The zero-order chi connectivity index (χ0) is 16.8. The Balaban J connectivity index is 1.77. The lowest BCUT2D eigenvalue weighted by Crippen LogP contribution is -2.12. The number of fused-ring (bicyclic) bond motifs is 2. The Kier molecular flexibility index (Phi) is 3.98. The first-order chi connectivity index (χ1) is 11.5. The van der Waals surface area contributed by atoms with Gasteiger partial charge in [-0.25, -0.2) is 0 Å². The fourth-order valence-electron chi connectivity index (χ4n) is 4.71. The molecule has 0 spiro atoms. The highest BCUT2D eigenvalue weighted by Gasteiger charge is 2.24. The maximum absolute atomic E-state index is 4.84. The molecule has 2 aromatic rings. The van der Waals surface area contributed by atoms with Gasteiger partial charge in [0.1, 0.15) is 0 Å². The maximum atomic E-state index is 4.84. The molecular weight excluding hydrogens is 290 g/mol. The minimum absolute atomic E-state index is 0.655. The Labute approximate surface area is 146 Å². The van der Waals surface area contributed by atoms with E-state index in [2.05, 4.69) is 58.2 Å². The van der Waals surface area contributed by atoms with Gasteiger partial charge < -0.3 is 0 Å². The van der Waals surface area contributed by atoms with Gasteiger partial charge in [0, 0.05) is 11.8 Å². The zero-order valence-corrected chi connectivity index (χ0v) is 15.5. The molecule has 0 N–H and O–H groups in total. The Morgan fingerprint density at radius 2 is 1.21 bits per heavy atom. The first kappa shape index (κ1) is 15.9. The van der Waals surface area contributed by atoms with Gasteiger partial charge in [0.05, 0.1) is 5.69 Å². The zero-order valence-electron chi connectivity index (χ0n) is 15.5. The second kappa shape index (κ2) is 6.02. The van der Waals surface area contributed by atoms with Gasteiger partial charge >= 0.3 is 0 Å². The molecule has 0 saturated heterocycles. The van der Waals surface area contributed by atoms with Crippen LogP contribution in [0.2, 0.25) is 0 Å². The number of rotatable bonds is 1. The van der Waals surface area contributed by atoms with Crippen LogP contribution in [0.3, 0.4) is 0 Å². The molecule has 4 unspecified atom stereocenters. The van der Waals surface area contributed by atoms with E-state index >= 15 is 0 Å². The molecule has 2 aliphatic rings. The lowest BCUT2D eigenvalue weighted by atomic mass is 9.77. The summed E-state index contributed by atoms with van der Waals surface area (Å²) in [4.78, 5) is 4.84. The molecule has 4 rings (SSSR count). The molecule has 2 aliphatic carbocycles. The molecule has 1 aromatic carbocycles. The van der Waals surface area contributed by atoms with Gasteiger partial charge in [-0.2, -0.15) is 0 Å². The van der Waals surface area contributed by atoms with Crippen LogP contribution in [0.15, 0.2) is 30.5 Å². The van der Waals surface area contributed by atoms with Crippen molar-refractivity contribution in [1.29, 1.82) is 0 Å². The Bertz CT molecular complexity index is 695. The smallest absolute Gasteiger partial charge is 0.0705 e. The van der Waals surface area contributed by atoms with Gasteiger partial charge in [0.2, 0.25) is 0 Å². The van der Waals surface area contributed by atoms with Gasteiger partial charge in [0.15, 0.2) is 0 Å². The van der Waals surface area contributed by atoms with E-state index in [1.807, 2.05) is 0 Å². The van der Waals surface area contributed by atoms with Crippen molar-refractivity contribution in [2.75, 3.05) is 0 Å². The van der Waals surface area contributed by atoms with Crippen molar-refractivity contribution in [1.82, 2.24) is 4.98 Å². The third-order valence-electron chi connectivity index (χ3n) is 6.54. The van der Waals surface area contributed by atoms with Crippen LogP contribution in [0.5, 0.6) is 0 Å². The highest BCUT2D eigenvalue weighted by molar-refractivity contribution is 5.63. The third kappa shape index (κ3) is 2.59. The Hall–Kier alpha value is -1.63. The summed E-state index contributed by atoms with van der Waals surface area (Å²) < 4.78 is 0. The monoisotopic (exact) mass is 319 g/mol. The number of aromatic nitrogens is 1. The maximum Gasteiger partial charge on any atom is 0.0705 e. The predicted molar refractivity (Wildman–Crippen MR) is 102 cm³/mol. The van der Waals surface area contributed by atoms with E-state index in [-0.39, 0.29) is 0 Å². The minimum Gasteiger partial charge on any atom is -0.256 e. The molecule has 126 valence electrons. The number of benzene rings is 1. The molecule has 24 heavy (non-hydrogen) atoms. The first-order valence-electron chi connectivity index (χ1n) is 9.68. The molecule has 4 atom stereocenters. The van der Waals surface area contributed by atoms with Gasteiger partial charge in [-0.05, 0) is 83.7 Å². The molecule has 1 heterocycles. The predicted octanol–water partition coefficient (Wildman–Crippen LogP) is 6.75. The van der Waals surface area contributed by atoms with Crippen LogP contribution in [0.4, 0.5) is 0 Å². The minimum atomic E-state index is 0.655. The third-order valence-corrected chi connectivity index (χ3v) is 6.54. The van der Waals surface area contributed by atoms with Crippen molar-refractivity contribution in [3.05, 3.63) is 52.7 Å². The molecule has 1 heteroatoms. The summed E-state index contributed by atoms with van der Waals surface area (Å²) in [5.41, 5.74) is 8.55.